The molecule has 4 nitrogen and oxygen atoms in total. The fourth-order valence-electron chi connectivity index (χ4n) is 5.41. The van der Waals surface area contributed by atoms with Crippen molar-refractivity contribution >= 4 is 28.3 Å². The molecule has 0 bridgehead atoms. The van der Waals surface area contributed by atoms with E-state index in [4.69, 9.17) is 4.98 Å². The number of hydrogen-bond donors (Lipinski definition) is 0. The fraction of sp³-hybridized carbons (Fsp3) is 0.581. The predicted molar refractivity (Wildman–Crippen MR) is 148 cm³/mol. The van der Waals surface area contributed by atoms with Gasteiger partial charge in [-0.25, -0.2) is 4.98 Å². The van der Waals surface area contributed by atoms with Crippen LogP contribution < -0.4 is 0 Å². The van der Waals surface area contributed by atoms with Crippen molar-refractivity contribution in [1.29, 1.82) is 0 Å². The third-order valence-corrected chi connectivity index (χ3v) is 7.07. The number of benzene rings is 1. The summed E-state index contributed by atoms with van der Waals surface area (Å²) in [6, 6.07) is 6.55. The Morgan fingerprint density at radius 3 is 2.34 bits per heavy atom. The normalized spacial score (nSPS) is 22.0. The minimum atomic E-state index is -0.0874. The first-order chi connectivity index (χ1) is 16.8. The third kappa shape index (κ3) is 5.37. The highest BCUT2D eigenvalue weighted by atomic mass is 16.2. The first kappa shape index (κ1) is 28.7. The first-order valence-corrected chi connectivity index (χ1v) is 13.8. The van der Waals surface area contributed by atoms with E-state index in [1.54, 1.807) is 0 Å². The van der Waals surface area contributed by atoms with Crippen LogP contribution in [0.4, 0.5) is 0 Å². The highest BCUT2D eigenvalue weighted by molar-refractivity contribution is 5.97. The molecule has 3 unspecified atom stereocenters. The summed E-state index contributed by atoms with van der Waals surface area (Å²) in [6.07, 6.45) is 4.37. The van der Waals surface area contributed by atoms with Gasteiger partial charge in [0.2, 0.25) is 5.91 Å². The molecule has 2 aromatic rings. The van der Waals surface area contributed by atoms with Gasteiger partial charge in [-0.3, -0.25) is 9.59 Å². The molecule has 1 fully saturated rings. The van der Waals surface area contributed by atoms with E-state index in [0.29, 0.717) is 25.3 Å². The Bertz CT molecular complexity index is 1080. The number of pyridine rings is 1. The van der Waals surface area contributed by atoms with E-state index in [1.165, 1.54) is 11.1 Å². The lowest BCUT2D eigenvalue weighted by atomic mass is 9.69. The van der Waals surface area contributed by atoms with Gasteiger partial charge in [-0.1, -0.05) is 80.5 Å². The zero-order valence-electron chi connectivity index (χ0n) is 23.7. The number of hydrogen-bond acceptors (Lipinski definition) is 3. The Morgan fingerprint density at radius 2 is 1.71 bits per heavy atom. The van der Waals surface area contributed by atoms with Crippen molar-refractivity contribution in [3.8, 4) is 0 Å². The average molecular weight is 479 g/mol. The molecular weight excluding hydrogens is 432 g/mol. The third-order valence-electron chi connectivity index (χ3n) is 7.07. The van der Waals surface area contributed by atoms with Crippen molar-refractivity contribution in [3.05, 3.63) is 46.7 Å². The van der Waals surface area contributed by atoms with E-state index in [-0.39, 0.29) is 29.4 Å². The number of aromatic nitrogens is 1. The lowest BCUT2D eigenvalue weighted by Crippen LogP contribution is -2.45. The summed E-state index contributed by atoms with van der Waals surface area (Å²) in [5.41, 5.74) is 6.61. The van der Waals surface area contributed by atoms with Crippen LogP contribution >= 0.6 is 0 Å². The van der Waals surface area contributed by atoms with Gasteiger partial charge < -0.3 is 4.90 Å². The fourth-order valence-corrected chi connectivity index (χ4v) is 5.41. The number of fused-ring (bicyclic) bond motifs is 5. The van der Waals surface area contributed by atoms with Crippen LogP contribution in [0.15, 0.2) is 24.3 Å². The topological polar surface area (TPSA) is 50.3 Å². The van der Waals surface area contributed by atoms with Gasteiger partial charge in [0.1, 0.15) is 5.78 Å². The summed E-state index contributed by atoms with van der Waals surface area (Å²) in [7, 11) is 0. The number of allylic oxidation sites excluding steroid dienone is 1. The molecule has 3 aliphatic rings. The quantitative estimate of drug-likeness (QED) is 0.443. The molecule has 1 aromatic carbocycles. The van der Waals surface area contributed by atoms with Gasteiger partial charge in [-0.15, -0.1) is 0 Å². The Kier molecular flexibility index (Phi) is 10.2. The molecule has 4 heteroatoms. The molecule has 0 spiro atoms. The maximum atomic E-state index is 13.3. The van der Waals surface area contributed by atoms with Gasteiger partial charge >= 0.3 is 0 Å². The summed E-state index contributed by atoms with van der Waals surface area (Å²) >= 11 is 0. The van der Waals surface area contributed by atoms with Crippen LogP contribution in [0.2, 0.25) is 0 Å². The Morgan fingerprint density at radius 1 is 1.06 bits per heavy atom. The molecule has 0 radical (unpaired) electrons. The average Bonchev–Trinajstić information content (AvgIpc) is 3.24. The molecule has 2 aliphatic heterocycles. The molecule has 5 rings (SSSR count). The molecule has 1 aliphatic carbocycles. The monoisotopic (exact) mass is 478 g/mol. The van der Waals surface area contributed by atoms with Crippen LogP contribution in [0.25, 0.3) is 16.6 Å². The number of carbonyl (C=O) groups is 2. The zero-order chi connectivity index (χ0) is 26.4. The molecule has 1 aromatic heterocycles. The van der Waals surface area contributed by atoms with E-state index in [0.717, 1.165) is 34.3 Å². The number of aryl methyl sites for hydroxylation is 1. The van der Waals surface area contributed by atoms with Gasteiger partial charge in [-0.2, -0.15) is 0 Å². The van der Waals surface area contributed by atoms with E-state index in [2.05, 4.69) is 45.0 Å². The number of carbonyl (C=O) groups excluding carboxylic acids is 2. The number of amides is 1. The van der Waals surface area contributed by atoms with Crippen molar-refractivity contribution in [2.24, 2.45) is 23.7 Å². The molecule has 3 heterocycles. The second-order valence-electron chi connectivity index (χ2n) is 9.48. The van der Waals surface area contributed by atoms with Crippen molar-refractivity contribution in [1.82, 2.24) is 9.88 Å². The molecule has 35 heavy (non-hydrogen) atoms. The van der Waals surface area contributed by atoms with Crippen LogP contribution in [0.3, 0.4) is 0 Å². The predicted octanol–water partition coefficient (Wildman–Crippen LogP) is 7.75. The molecule has 192 valence electrons. The SMILES string of the molecule is CC.CC.CC.Cc1ccc2cc3c(nc2c1CC(C)C)C1=CC2C(C)C(=O)CCC2C(=O)N1C3. The maximum Gasteiger partial charge on any atom is 0.231 e. The van der Waals surface area contributed by atoms with Crippen molar-refractivity contribution < 1.29 is 9.59 Å². The molecular formula is C31H46N2O2. The minimum Gasteiger partial charge on any atom is -0.306 e. The van der Waals surface area contributed by atoms with Crippen LogP contribution in [0, 0.1) is 30.6 Å². The van der Waals surface area contributed by atoms with Gasteiger partial charge in [0.15, 0.2) is 0 Å². The second kappa shape index (κ2) is 12.5. The summed E-state index contributed by atoms with van der Waals surface area (Å²) < 4.78 is 0. The number of Topliss-reactive ketones (excluding diaryl/α,β-unsaturated/α-hetero) is 1. The lowest BCUT2D eigenvalue weighted by Gasteiger charge is -2.39. The van der Waals surface area contributed by atoms with E-state index < -0.39 is 0 Å². The van der Waals surface area contributed by atoms with E-state index >= 15 is 0 Å². The summed E-state index contributed by atoms with van der Waals surface area (Å²) in [5, 5.41) is 1.15. The lowest BCUT2D eigenvalue weighted by molar-refractivity contribution is -0.139. The van der Waals surface area contributed by atoms with Gasteiger partial charge in [0.05, 0.1) is 23.5 Å². The largest absolute Gasteiger partial charge is 0.306 e. The maximum absolute atomic E-state index is 13.3. The summed E-state index contributed by atoms with van der Waals surface area (Å²) in [6.45, 7) is 21.2. The van der Waals surface area contributed by atoms with Crippen LogP contribution in [-0.4, -0.2) is 21.6 Å². The first-order valence-electron chi connectivity index (χ1n) is 13.8. The van der Waals surface area contributed by atoms with Gasteiger partial charge in [0, 0.05) is 35.1 Å². The highest BCUT2D eigenvalue weighted by Crippen LogP contribution is 2.45. The van der Waals surface area contributed by atoms with Crippen LogP contribution in [-0.2, 0) is 22.6 Å². The minimum absolute atomic E-state index is 0.00564. The van der Waals surface area contributed by atoms with E-state index in [1.807, 2.05) is 53.4 Å². The van der Waals surface area contributed by atoms with Gasteiger partial charge in [-0.05, 0) is 42.9 Å². The summed E-state index contributed by atoms with van der Waals surface area (Å²) in [4.78, 5) is 32.6. The summed E-state index contributed by atoms with van der Waals surface area (Å²) in [5.74, 6) is 0.864. The molecule has 0 N–H and O–H groups in total. The number of nitrogens with zero attached hydrogens (tertiary/aromatic N) is 2. The Hall–Kier alpha value is -2.49. The molecule has 1 amide bonds. The van der Waals surface area contributed by atoms with Crippen molar-refractivity contribution in [2.75, 3.05) is 0 Å². The van der Waals surface area contributed by atoms with E-state index in [9.17, 15) is 9.59 Å². The zero-order valence-corrected chi connectivity index (χ0v) is 23.7. The standard InChI is InChI=1S/C25H28N2O2.3C2H6/c1-13(2)9-19-14(3)5-6-16-10-17-12-27-21(24(17)26-23(16)19)11-20-15(4)22(28)8-7-18(20)25(27)29;3*1-2/h5-6,10-11,13,15,18,20H,7-9,12H2,1-4H3;3*1-2H3. The van der Waals surface area contributed by atoms with Crippen LogP contribution in [0.1, 0.15) is 97.5 Å². The molecule has 1 saturated carbocycles. The second-order valence-corrected chi connectivity index (χ2v) is 9.48. The molecule has 3 atom stereocenters. The Balaban J connectivity index is 0.000000671. The number of ketones is 1. The molecule has 0 saturated heterocycles. The van der Waals surface area contributed by atoms with Crippen molar-refractivity contribution in [3.63, 3.8) is 0 Å². The highest BCUT2D eigenvalue weighted by Gasteiger charge is 2.46. The van der Waals surface area contributed by atoms with Gasteiger partial charge in [0.25, 0.3) is 0 Å². The Labute approximate surface area is 213 Å². The van der Waals surface area contributed by atoms with Crippen LogP contribution in [0.5, 0.6) is 0 Å². The smallest absolute Gasteiger partial charge is 0.231 e. The van der Waals surface area contributed by atoms with Crippen molar-refractivity contribution in [2.45, 2.75) is 95.0 Å². The number of rotatable bonds is 2.